The second-order valence-electron chi connectivity index (χ2n) is 12.8. The third-order valence-corrected chi connectivity index (χ3v) is 10.3. The van der Waals surface area contributed by atoms with Gasteiger partial charge in [0.2, 0.25) is 0 Å². The molecule has 0 amide bonds. The second kappa shape index (κ2) is 16.9. The van der Waals surface area contributed by atoms with Crippen LogP contribution in [0, 0.1) is 0 Å². The Bertz CT molecular complexity index is 2120. The van der Waals surface area contributed by atoms with Gasteiger partial charge in [-0.2, -0.15) is 0 Å². The van der Waals surface area contributed by atoms with Gasteiger partial charge in [-0.1, -0.05) is 103 Å². The van der Waals surface area contributed by atoms with Gasteiger partial charge in [0.15, 0.2) is 18.5 Å². The molecular weight excluding hydrogens is 727 g/mol. The minimum Gasteiger partial charge on any atom is -0.756 e. The predicted molar refractivity (Wildman–Crippen MR) is 196 cm³/mol. The minimum atomic E-state index is -5.32. The van der Waals surface area contributed by atoms with E-state index in [2.05, 4.69) is 0 Å². The van der Waals surface area contributed by atoms with Crippen molar-refractivity contribution in [3.63, 3.8) is 0 Å². The lowest BCUT2D eigenvalue weighted by Crippen LogP contribution is -2.62. The average molecular weight is 764 g/mol. The van der Waals surface area contributed by atoms with Gasteiger partial charge in [0.05, 0.1) is 23.3 Å². The highest BCUT2D eigenvalue weighted by atomic mass is 31.2. The smallest absolute Gasteiger partial charge is 0.338 e. The van der Waals surface area contributed by atoms with Gasteiger partial charge in [-0.05, 0) is 58.7 Å². The van der Waals surface area contributed by atoms with Crippen molar-refractivity contribution in [1.82, 2.24) is 0 Å². The fourth-order valence-corrected chi connectivity index (χ4v) is 7.67. The normalized spacial score (nSPS) is 21.4. The molecule has 0 radical (unpaired) electrons. The number of fused-ring (bicyclic) bond motifs is 3. The van der Waals surface area contributed by atoms with Crippen molar-refractivity contribution < 1.29 is 56.6 Å². The van der Waals surface area contributed by atoms with E-state index in [0.717, 1.165) is 22.3 Å². The largest absolute Gasteiger partial charge is 0.756 e. The van der Waals surface area contributed by atoms with Crippen LogP contribution in [0.5, 0.6) is 0 Å². The summed E-state index contributed by atoms with van der Waals surface area (Å²) in [5.74, 6) is -2.93. The Kier molecular flexibility index (Phi) is 11.6. The molecule has 0 aromatic heterocycles. The van der Waals surface area contributed by atoms with E-state index in [1.807, 2.05) is 48.5 Å². The topological polar surface area (TPSA) is 156 Å². The summed E-state index contributed by atoms with van der Waals surface area (Å²) in [7, 11) is -4.06. The summed E-state index contributed by atoms with van der Waals surface area (Å²) in [5, 5.41) is 0. The van der Waals surface area contributed by atoms with E-state index in [-0.39, 0.29) is 23.3 Å². The van der Waals surface area contributed by atoms with E-state index >= 15 is 0 Å². The van der Waals surface area contributed by atoms with Gasteiger partial charge in [0, 0.05) is 13.0 Å². The highest BCUT2D eigenvalue weighted by molar-refractivity contribution is 7.45. The van der Waals surface area contributed by atoms with Crippen LogP contribution in [-0.2, 0) is 37.3 Å². The zero-order valence-electron chi connectivity index (χ0n) is 29.5. The highest BCUT2D eigenvalue weighted by Gasteiger charge is 2.53. The molecule has 1 heterocycles. The summed E-state index contributed by atoms with van der Waals surface area (Å²) >= 11 is 0. The summed E-state index contributed by atoms with van der Waals surface area (Å²) in [6.45, 7) is -0.905. The third-order valence-electron chi connectivity index (χ3n) is 9.33. The van der Waals surface area contributed by atoms with E-state index in [9.17, 15) is 23.8 Å². The van der Waals surface area contributed by atoms with Crippen molar-refractivity contribution in [3.05, 3.63) is 167 Å². The average Bonchev–Trinajstić information content (AvgIpc) is 3.55. The Morgan fingerprint density at radius 3 is 1.56 bits per heavy atom. The molecule has 1 fully saturated rings. The SMILES string of the molecule is CO[C@@H]1O[C@H](COC(=O)c2ccccc2)[C@H](OP(=O)([O-])OCC2c3ccccc3-c3ccccc32)[C@H](OC(=O)c2ccccc2)[C@H]1OC(=O)c1ccccc1. The lowest BCUT2D eigenvalue weighted by Gasteiger charge is -2.45. The van der Waals surface area contributed by atoms with Crippen molar-refractivity contribution in [1.29, 1.82) is 0 Å². The van der Waals surface area contributed by atoms with Gasteiger partial charge in [-0.15, -0.1) is 0 Å². The molecule has 282 valence electrons. The van der Waals surface area contributed by atoms with Crippen molar-refractivity contribution >= 4 is 25.7 Å². The Hall–Kier alpha value is -5.46. The van der Waals surface area contributed by atoms with Crippen LogP contribution in [0.3, 0.4) is 0 Å². The lowest BCUT2D eigenvalue weighted by molar-refractivity contribution is -0.302. The summed E-state index contributed by atoms with van der Waals surface area (Å²) in [5.41, 5.74) is 4.14. The summed E-state index contributed by atoms with van der Waals surface area (Å²) < 4.78 is 54.3. The monoisotopic (exact) mass is 763 g/mol. The number of ether oxygens (including phenoxy) is 5. The fourth-order valence-electron chi connectivity index (χ4n) is 6.72. The van der Waals surface area contributed by atoms with Gasteiger partial charge in [-0.25, -0.2) is 14.4 Å². The Morgan fingerprint density at radius 1 is 0.600 bits per heavy atom. The Morgan fingerprint density at radius 2 is 1.05 bits per heavy atom. The van der Waals surface area contributed by atoms with Crippen LogP contribution in [0.4, 0.5) is 0 Å². The van der Waals surface area contributed by atoms with Crippen molar-refractivity contribution in [2.75, 3.05) is 20.3 Å². The number of carbonyl (C=O) groups is 3. The van der Waals surface area contributed by atoms with Gasteiger partial charge in [0.25, 0.3) is 7.82 Å². The van der Waals surface area contributed by atoms with Crippen LogP contribution in [0.2, 0.25) is 0 Å². The number of rotatable bonds is 13. The molecule has 1 saturated heterocycles. The molecule has 1 unspecified atom stereocenters. The molecule has 5 aromatic carbocycles. The highest BCUT2D eigenvalue weighted by Crippen LogP contribution is 2.49. The molecule has 0 N–H and O–H groups in total. The zero-order valence-corrected chi connectivity index (χ0v) is 30.4. The molecule has 5 aromatic rings. The second-order valence-corrected chi connectivity index (χ2v) is 14.1. The molecule has 7 rings (SSSR count). The van der Waals surface area contributed by atoms with Crippen molar-refractivity contribution in [3.8, 4) is 11.1 Å². The van der Waals surface area contributed by atoms with Crippen LogP contribution in [-0.4, -0.2) is 68.9 Å². The summed E-state index contributed by atoms with van der Waals surface area (Å²) in [4.78, 5) is 54.1. The molecule has 0 saturated carbocycles. The maximum Gasteiger partial charge on any atom is 0.338 e. The molecule has 55 heavy (non-hydrogen) atoms. The minimum absolute atomic E-state index is 0.113. The van der Waals surface area contributed by atoms with Gasteiger partial charge in [-0.3, -0.25) is 4.57 Å². The van der Waals surface area contributed by atoms with E-state index < -0.39 is 69.0 Å². The maximum absolute atomic E-state index is 13.9. The number of hydrogen-bond acceptors (Lipinski definition) is 12. The molecule has 13 heteroatoms. The Balaban J connectivity index is 1.21. The van der Waals surface area contributed by atoms with Crippen molar-refractivity contribution in [2.45, 2.75) is 36.6 Å². The molecule has 0 bridgehead atoms. The third kappa shape index (κ3) is 8.60. The molecule has 1 aliphatic heterocycles. The zero-order chi connectivity index (χ0) is 38.4. The van der Waals surface area contributed by atoms with Crippen LogP contribution >= 0.6 is 7.82 Å². The molecule has 12 nitrogen and oxygen atoms in total. The standard InChI is InChI=1S/C42H37O12P/c1-48-42-38(53-41(45)29-19-9-4-10-20-29)37(52-40(44)28-17-7-3-8-18-28)36(35(51-42)26-49-39(43)27-15-5-2-6-16-27)54-55(46,47)50-25-34-32-23-13-11-21-30(32)31-22-12-14-24-33(31)34/h2-24,34-38,42H,25-26H2,1H3,(H,46,47)/p-1/t35-,36+,37+,38-,42-/m1/s1. The van der Waals surface area contributed by atoms with Gasteiger partial charge >= 0.3 is 17.9 Å². The number of esters is 3. The van der Waals surface area contributed by atoms with Gasteiger partial charge < -0.3 is 37.6 Å². The quantitative estimate of drug-likeness (QED) is 0.0746. The molecule has 1 aliphatic carbocycles. The fraction of sp³-hybridized carbons (Fsp3) is 0.214. The van der Waals surface area contributed by atoms with Crippen LogP contribution in [0.25, 0.3) is 11.1 Å². The first-order chi connectivity index (χ1) is 26.7. The number of benzene rings is 5. The first kappa shape index (κ1) is 37.8. The number of methoxy groups -OCH3 is 1. The van der Waals surface area contributed by atoms with E-state index in [4.69, 9.17) is 32.7 Å². The predicted octanol–water partition coefficient (Wildman–Crippen LogP) is 6.35. The van der Waals surface area contributed by atoms with E-state index in [1.54, 1.807) is 66.7 Å². The first-order valence-electron chi connectivity index (χ1n) is 17.5. The van der Waals surface area contributed by atoms with Crippen LogP contribution < -0.4 is 4.89 Å². The Labute approximate surface area is 317 Å². The van der Waals surface area contributed by atoms with E-state index in [0.29, 0.717) is 0 Å². The summed E-state index contributed by atoms with van der Waals surface area (Å²) in [6.07, 6.45) is -7.94. The molecule has 2 aliphatic rings. The van der Waals surface area contributed by atoms with Crippen LogP contribution in [0.1, 0.15) is 48.1 Å². The van der Waals surface area contributed by atoms with Gasteiger partial charge in [0.1, 0.15) is 18.8 Å². The van der Waals surface area contributed by atoms with Crippen LogP contribution in [0.15, 0.2) is 140 Å². The molecule has 0 spiro atoms. The number of carbonyl (C=O) groups excluding carboxylic acids is 3. The molecular formula is C42H36O12P-. The lowest BCUT2D eigenvalue weighted by atomic mass is 9.98. The summed E-state index contributed by atoms with van der Waals surface area (Å²) in [6, 6.07) is 39.3. The number of phosphoric acid groups is 1. The van der Waals surface area contributed by atoms with Crippen molar-refractivity contribution in [2.24, 2.45) is 0 Å². The number of phosphoric ester groups is 1. The number of hydrogen-bond donors (Lipinski definition) is 0. The maximum atomic E-state index is 13.9. The van der Waals surface area contributed by atoms with E-state index in [1.165, 1.54) is 31.4 Å². The first-order valence-corrected chi connectivity index (χ1v) is 18.9. The molecule has 6 atom stereocenters.